The first-order chi connectivity index (χ1) is 8.99. The lowest BCUT2D eigenvalue weighted by molar-refractivity contribution is -0.0601. The molecule has 0 aliphatic rings. The van der Waals surface area contributed by atoms with E-state index in [2.05, 4.69) is 5.16 Å². The van der Waals surface area contributed by atoms with Crippen LogP contribution in [0, 0.1) is 0 Å². The number of alkyl halides is 3. The minimum atomic E-state index is -4.68. The maximum absolute atomic E-state index is 12.3. The molecule has 0 spiro atoms. The fourth-order valence-electron chi connectivity index (χ4n) is 1.03. The molecule has 0 aliphatic carbocycles. The molecule has 0 bridgehead atoms. The van der Waals surface area contributed by atoms with E-state index in [0.717, 1.165) is 0 Å². The van der Waals surface area contributed by atoms with Crippen LogP contribution in [0.3, 0.4) is 0 Å². The summed E-state index contributed by atoms with van der Waals surface area (Å²) in [5.74, 6) is 0.429. The number of benzene rings is 1. The third kappa shape index (κ3) is 7.59. The van der Waals surface area contributed by atoms with Crippen molar-refractivity contribution in [3.63, 3.8) is 0 Å². The second kappa shape index (κ2) is 7.10. The average molecular weight is 315 g/mol. The van der Waals surface area contributed by atoms with Crippen molar-refractivity contribution in [1.29, 1.82) is 0 Å². The van der Waals surface area contributed by atoms with Crippen LogP contribution in [0.15, 0.2) is 29.4 Å². The van der Waals surface area contributed by atoms with E-state index in [-0.39, 0.29) is 5.56 Å². The second-order valence-corrected chi connectivity index (χ2v) is 4.87. The molecule has 0 fully saturated rings. The van der Waals surface area contributed by atoms with Gasteiger partial charge in [0.1, 0.15) is 5.75 Å². The molecule has 1 aromatic rings. The van der Waals surface area contributed by atoms with Crippen LogP contribution in [0.1, 0.15) is 5.56 Å². The highest BCUT2D eigenvalue weighted by atomic mass is 32.2. The number of halogens is 3. The molecule has 0 aromatic heterocycles. The van der Waals surface area contributed by atoms with Gasteiger partial charge in [-0.1, -0.05) is 5.16 Å². The highest BCUT2D eigenvalue weighted by Gasteiger charge is 2.37. The molecular weight excluding hydrogens is 303 g/mol. The van der Waals surface area contributed by atoms with Crippen molar-refractivity contribution in [1.82, 2.24) is 0 Å². The zero-order chi connectivity index (χ0) is 16.0. The maximum atomic E-state index is 12.3. The van der Waals surface area contributed by atoms with Crippen LogP contribution in [0.4, 0.5) is 13.2 Å². The molecule has 0 unspecified atom stereocenters. The van der Waals surface area contributed by atoms with Crippen molar-refractivity contribution in [3.8, 4) is 5.75 Å². The van der Waals surface area contributed by atoms with Gasteiger partial charge in [-0.05, 0) is 24.3 Å². The summed E-state index contributed by atoms with van der Waals surface area (Å²) in [4.78, 5) is 0. The first-order valence-electron chi connectivity index (χ1n) is 4.85. The summed E-state index contributed by atoms with van der Waals surface area (Å²) in [6.07, 6.45) is -3.96. The molecular formula is C10H12F3NO5S. The molecule has 2 N–H and O–H groups in total. The van der Waals surface area contributed by atoms with Crippen molar-refractivity contribution < 1.29 is 36.1 Å². The second-order valence-electron chi connectivity index (χ2n) is 3.41. The van der Waals surface area contributed by atoms with E-state index < -0.39 is 22.0 Å². The van der Waals surface area contributed by atoms with E-state index in [1.165, 1.54) is 31.4 Å². The van der Waals surface area contributed by atoms with Gasteiger partial charge in [0.15, 0.2) is 5.71 Å². The monoisotopic (exact) mass is 315 g/mol. The Labute approximate surface area is 113 Å². The van der Waals surface area contributed by atoms with Crippen LogP contribution >= 0.6 is 0 Å². The normalized spacial score (nSPS) is 12.4. The Bertz CT molecular complexity index is 543. The number of oxime groups is 1. The molecule has 20 heavy (non-hydrogen) atoms. The summed E-state index contributed by atoms with van der Waals surface area (Å²) in [6.45, 7) is 0. The fraction of sp³-hybridized carbons (Fsp3) is 0.300. The molecule has 1 aromatic carbocycles. The smallest absolute Gasteiger partial charge is 0.437 e. The zero-order valence-electron chi connectivity index (χ0n) is 10.4. The Hall–Kier alpha value is -1.81. The van der Waals surface area contributed by atoms with E-state index in [1.807, 2.05) is 0 Å². The molecule has 0 atom stereocenters. The van der Waals surface area contributed by atoms with Crippen LogP contribution in [0.2, 0.25) is 0 Å². The van der Waals surface area contributed by atoms with Crippen LogP contribution in [-0.4, -0.2) is 43.4 Å². The Kier molecular flexibility index (Phi) is 6.46. The lowest BCUT2D eigenvalue weighted by Gasteiger charge is -2.08. The Morgan fingerprint density at radius 2 is 1.65 bits per heavy atom. The summed E-state index contributed by atoms with van der Waals surface area (Å²) in [7, 11) is -2.26. The molecule has 114 valence electrons. The van der Waals surface area contributed by atoms with Crippen molar-refractivity contribution >= 4 is 15.8 Å². The SMILES string of the molecule is COc1ccc(C(=NO)C(F)(F)F)cc1.CS(=O)(=O)O. The van der Waals surface area contributed by atoms with Gasteiger partial charge < -0.3 is 9.94 Å². The predicted molar refractivity (Wildman–Crippen MR) is 64.8 cm³/mol. The van der Waals surface area contributed by atoms with E-state index in [0.29, 0.717) is 12.0 Å². The lowest BCUT2D eigenvalue weighted by atomic mass is 10.1. The van der Waals surface area contributed by atoms with Gasteiger partial charge >= 0.3 is 6.18 Å². The average Bonchev–Trinajstić information content (AvgIpc) is 2.27. The highest BCUT2D eigenvalue weighted by molar-refractivity contribution is 7.85. The van der Waals surface area contributed by atoms with Gasteiger partial charge in [-0.2, -0.15) is 21.6 Å². The number of methoxy groups -OCH3 is 1. The summed E-state index contributed by atoms with van der Waals surface area (Å²) in [5.41, 5.74) is -1.55. The number of rotatable bonds is 2. The van der Waals surface area contributed by atoms with E-state index in [9.17, 15) is 21.6 Å². The van der Waals surface area contributed by atoms with Crippen molar-refractivity contribution in [2.75, 3.05) is 13.4 Å². The first kappa shape index (κ1) is 18.2. The highest BCUT2D eigenvalue weighted by Crippen LogP contribution is 2.23. The number of hydrogen-bond acceptors (Lipinski definition) is 5. The number of ether oxygens (including phenoxy) is 1. The van der Waals surface area contributed by atoms with Crippen molar-refractivity contribution in [3.05, 3.63) is 29.8 Å². The predicted octanol–water partition coefficient (Wildman–Crippen LogP) is 1.94. The standard InChI is InChI=1S/C9H8F3NO2.CH4O3S/c1-15-7-4-2-6(3-5-7)8(13-14)9(10,11)12;1-5(2,3)4/h2-5,14H,1H3;1H3,(H,2,3,4). The van der Waals surface area contributed by atoms with Crippen molar-refractivity contribution in [2.45, 2.75) is 6.18 Å². The molecule has 0 radical (unpaired) electrons. The number of nitrogens with zero attached hydrogens (tertiary/aromatic N) is 1. The Morgan fingerprint density at radius 3 is 1.90 bits per heavy atom. The quantitative estimate of drug-likeness (QED) is 0.376. The Balaban J connectivity index is 0.000000621. The topological polar surface area (TPSA) is 96.2 Å². The summed E-state index contributed by atoms with van der Waals surface area (Å²) in [5, 5.41) is 10.5. The molecule has 0 saturated heterocycles. The van der Waals surface area contributed by atoms with Crippen molar-refractivity contribution in [2.24, 2.45) is 5.16 Å². The van der Waals surface area contributed by atoms with E-state index >= 15 is 0 Å². The first-order valence-corrected chi connectivity index (χ1v) is 6.70. The maximum Gasteiger partial charge on any atom is 0.437 e. The summed E-state index contributed by atoms with van der Waals surface area (Å²) in [6, 6.07) is 5.04. The van der Waals surface area contributed by atoms with Gasteiger partial charge in [-0.15, -0.1) is 0 Å². The van der Waals surface area contributed by atoms with Crippen LogP contribution in [0.5, 0.6) is 5.75 Å². The van der Waals surface area contributed by atoms with E-state index in [4.69, 9.17) is 14.5 Å². The third-order valence-corrected chi connectivity index (χ3v) is 1.73. The Morgan fingerprint density at radius 1 is 1.25 bits per heavy atom. The number of hydrogen-bond donors (Lipinski definition) is 2. The summed E-state index contributed by atoms with van der Waals surface area (Å²) < 4.78 is 67.5. The molecule has 0 heterocycles. The van der Waals surface area contributed by atoms with Gasteiger partial charge in [-0.3, -0.25) is 4.55 Å². The molecule has 6 nitrogen and oxygen atoms in total. The lowest BCUT2D eigenvalue weighted by Crippen LogP contribution is -2.23. The minimum absolute atomic E-state index is 0.217. The zero-order valence-corrected chi connectivity index (χ0v) is 11.2. The van der Waals surface area contributed by atoms with Crippen LogP contribution in [-0.2, 0) is 10.1 Å². The third-order valence-electron chi connectivity index (χ3n) is 1.73. The van der Waals surface area contributed by atoms with Crippen LogP contribution in [0.25, 0.3) is 0 Å². The molecule has 1 rings (SSSR count). The molecule has 0 aliphatic heterocycles. The largest absolute Gasteiger partial charge is 0.497 e. The van der Waals surface area contributed by atoms with Gasteiger partial charge in [0.05, 0.1) is 13.4 Å². The molecule has 10 heteroatoms. The van der Waals surface area contributed by atoms with Gasteiger partial charge in [0.2, 0.25) is 0 Å². The van der Waals surface area contributed by atoms with Crippen LogP contribution < -0.4 is 4.74 Å². The van der Waals surface area contributed by atoms with Gasteiger partial charge in [0, 0.05) is 5.56 Å². The summed E-state index contributed by atoms with van der Waals surface area (Å²) >= 11 is 0. The van der Waals surface area contributed by atoms with Gasteiger partial charge in [0.25, 0.3) is 10.1 Å². The minimum Gasteiger partial charge on any atom is -0.497 e. The molecule has 0 saturated carbocycles. The van der Waals surface area contributed by atoms with E-state index in [1.54, 1.807) is 0 Å². The fourth-order valence-corrected chi connectivity index (χ4v) is 1.03. The molecule has 0 amide bonds. The van der Waals surface area contributed by atoms with Gasteiger partial charge in [-0.25, -0.2) is 0 Å².